The minimum absolute atomic E-state index is 0.615. The van der Waals surface area contributed by atoms with Crippen molar-refractivity contribution in [2.45, 2.75) is 13.3 Å². The molecule has 0 radical (unpaired) electrons. The molecule has 0 spiro atoms. The van der Waals surface area contributed by atoms with Crippen molar-refractivity contribution in [2.75, 3.05) is 0 Å². The van der Waals surface area contributed by atoms with E-state index < -0.39 is 0 Å². The van der Waals surface area contributed by atoms with E-state index >= 15 is 0 Å². The monoisotopic (exact) mass is 390 g/mol. The molecule has 0 N–H and O–H groups in total. The minimum Gasteiger partial charge on any atom is -0.436 e. The summed E-state index contributed by atoms with van der Waals surface area (Å²) in [5.41, 5.74) is 6.47. The molecule has 0 aliphatic heterocycles. The van der Waals surface area contributed by atoms with Gasteiger partial charge in [-0.2, -0.15) is 0 Å². The minimum atomic E-state index is 0.615. The Kier molecular flexibility index (Phi) is 3.71. The molecule has 0 aliphatic carbocycles. The molecule has 4 nitrogen and oxygen atoms in total. The van der Waals surface area contributed by atoms with Crippen molar-refractivity contribution in [1.29, 1.82) is 0 Å². The Morgan fingerprint density at radius 3 is 1.90 bits per heavy atom. The molecule has 0 unspecified atom stereocenters. The second kappa shape index (κ2) is 6.56. The first kappa shape index (κ1) is 17.0. The first-order chi connectivity index (χ1) is 14.8. The highest BCUT2D eigenvalue weighted by Crippen LogP contribution is 2.37. The van der Waals surface area contributed by atoms with E-state index in [1.165, 1.54) is 5.56 Å². The van der Waals surface area contributed by atoms with Gasteiger partial charge in [0.15, 0.2) is 11.2 Å². The number of hydrogen-bond donors (Lipinski definition) is 0. The first-order valence-electron chi connectivity index (χ1n) is 10.1. The van der Waals surface area contributed by atoms with Crippen molar-refractivity contribution in [3.05, 3.63) is 84.4 Å². The number of aryl methyl sites for hydroxylation is 1. The van der Waals surface area contributed by atoms with E-state index in [-0.39, 0.29) is 0 Å². The molecule has 0 aliphatic rings. The van der Waals surface area contributed by atoms with Crippen molar-refractivity contribution in [3.8, 4) is 22.9 Å². The standard InChI is InChI=1S/C26H18N2O2/c1-2-16-11-14-22-24(15-16)30-26(28-22)20-13-12-19(17-7-3-4-8-18(17)20)25-27-21-9-5-6-10-23(21)29-25/h3-15H,2H2,1H3. The maximum absolute atomic E-state index is 6.15. The number of nitrogens with zero attached hydrogens (tertiary/aromatic N) is 2. The number of rotatable bonds is 3. The van der Waals surface area contributed by atoms with Gasteiger partial charge in [-0.3, -0.25) is 0 Å². The van der Waals surface area contributed by atoms with Crippen molar-refractivity contribution >= 4 is 33.0 Å². The summed E-state index contributed by atoms with van der Waals surface area (Å²) < 4.78 is 12.2. The third-order valence-corrected chi connectivity index (χ3v) is 5.54. The van der Waals surface area contributed by atoms with Crippen molar-refractivity contribution in [1.82, 2.24) is 9.97 Å². The Morgan fingerprint density at radius 1 is 0.633 bits per heavy atom. The summed E-state index contributed by atoms with van der Waals surface area (Å²) >= 11 is 0. The highest BCUT2D eigenvalue weighted by atomic mass is 16.4. The van der Waals surface area contributed by atoms with Crippen LogP contribution in [0.1, 0.15) is 12.5 Å². The lowest BCUT2D eigenvalue weighted by Crippen LogP contribution is -1.86. The fraction of sp³-hybridized carbons (Fsp3) is 0.0769. The van der Waals surface area contributed by atoms with Gasteiger partial charge in [0.1, 0.15) is 11.0 Å². The van der Waals surface area contributed by atoms with E-state index in [1.54, 1.807) is 0 Å². The quantitative estimate of drug-likeness (QED) is 0.326. The molecule has 30 heavy (non-hydrogen) atoms. The van der Waals surface area contributed by atoms with Crippen molar-refractivity contribution in [3.63, 3.8) is 0 Å². The van der Waals surface area contributed by atoms with E-state index in [1.807, 2.05) is 54.6 Å². The van der Waals surface area contributed by atoms with Crippen LogP contribution in [0.25, 0.3) is 55.9 Å². The molecule has 0 amide bonds. The summed E-state index contributed by atoms with van der Waals surface area (Å²) in [7, 11) is 0. The lowest BCUT2D eigenvalue weighted by atomic mass is 9.99. The smallest absolute Gasteiger partial charge is 0.227 e. The van der Waals surface area contributed by atoms with Crippen molar-refractivity contribution in [2.24, 2.45) is 0 Å². The Morgan fingerprint density at radius 2 is 1.23 bits per heavy atom. The van der Waals surface area contributed by atoms with E-state index in [0.29, 0.717) is 11.8 Å². The molecule has 2 aromatic heterocycles. The lowest BCUT2D eigenvalue weighted by molar-refractivity contribution is 0.618. The van der Waals surface area contributed by atoms with Gasteiger partial charge in [-0.25, -0.2) is 9.97 Å². The Balaban J connectivity index is 1.56. The molecule has 0 saturated carbocycles. The lowest BCUT2D eigenvalue weighted by Gasteiger charge is -2.07. The molecule has 6 aromatic rings. The number of hydrogen-bond acceptors (Lipinski definition) is 4. The van der Waals surface area contributed by atoms with Crippen LogP contribution in [-0.4, -0.2) is 9.97 Å². The highest BCUT2D eigenvalue weighted by molar-refractivity contribution is 6.03. The predicted molar refractivity (Wildman–Crippen MR) is 119 cm³/mol. The molecule has 0 fully saturated rings. The second-order valence-corrected chi connectivity index (χ2v) is 7.37. The van der Waals surface area contributed by atoms with Crippen LogP contribution in [0.4, 0.5) is 0 Å². The van der Waals surface area contributed by atoms with Crippen LogP contribution < -0.4 is 0 Å². The fourth-order valence-corrected chi connectivity index (χ4v) is 3.96. The molecular formula is C26H18N2O2. The van der Waals surface area contributed by atoms with Gasteiger partial charge < -0.3 is 8.83 Å². The first-order valence-corrected chi connectivity index (χ1v) is 10.1. The summed E-state index contributed by atoms with van der Waals surface area (Å²) in [6.07, 6.45) is 0.966. The summed E-state index contributed by atoms with van der Waals surface area (Å²) in [6.45, 7) is 2.14. The van der Waals surface area contributed by atoms with Gasteiger partial charge >= 0.3 is 0 Å². The summed E-state index contributed by atoms with van der Waals surface area (Å²) in [4.78, 5) is 9.42. The van der Waals surface area contributed by atoms with Gasteiger partial charge in [0, 0.05) is 11.1 Å². The maximum atomic E-state index is 6.15. The summed E-state index contributed by atoms with van der Waals surface area (Å²) in [5.74, 6) is 1.24. The molecule has 0 saturated heterocycles. The Bertz CT molecular complexity index is 1510. The number of para-hydroxylation sites is 2. The van der Waals surface area contributed by atoms with Crippen LogP contribution >= 0.6 is 0 Å². The topological polar surface area (TPSA) is 52.1 Å². The third kappa shape index (κ3) is 2.61. The van der Waals surface area contributed by atoms with E-state index in [4.69, 9.17) is 13.8 Å². The average Bonchev–Trinajstić information content (AvgIpc) is 3.41. The van der Waals surface area contributed by atoms with Gasteiger partial charge in [-0.15, -0.1) is 0 Å². The van der Waals surface area contributed by atoms with Gasteiger partial charge in [0.2, 0.25) is 11.8 Å². The third-order valence-electron chi connectivity index (χ3n) is 5.54. The molecular weight excluding hydrogens is 372 g/mol. The molecule has 0 bridgehead atoms. The molecule has 2 heterocycles. The zero-order valence-electron chi connectivity index (χ0n) is 16.4. The zero-order valence-corrected chi connectivity index (χ0v) is 16.4. The average molecular weight is 390 g/mol. The van der Waals surface area contributed by atoms with Crippen LogP contribution in [0.5, 0.6) is 0 Å². The van der Waals surface area contributed by atoms with Crippen LogP contribution in [0.2, 0.25) is 0 Å². The Labute approximate surface area is 172 Å². The SMILES string of the molecule is CCc1ccc2nc(-c3ccc(-c4nc5ccccc5o4)c4ccccc34)oc2c1. The number of benzene rings is 4. The van der Waals surface area contributed by atoms with Gasteiger partial charge in [-0.05, 0) is 59.2 Å². The van der Waals surface area contributed by atoms with Crippen molar-refractivity contribution < 1.29 is 8.83 Å². The van der Waals surface area contributed by atoms with Crippen LogP contribution in [-0.2, 0) is 6.42 Å². The summed E-state index contributed by atoms with van der Waals surface area (Å²) in [5, 5.41) is 2.11. The largest absolute Gasteiger partial charge is 0.436 e. The normalized spacial score (nSPS) is 11.6. The zero-order chi connectivity index (χ0) is 20.1. The van der Waals surface area contributed by atoms with E-state index in [0.717, 1.165) is 50.5 Å². The maximum Gasteiger partial charge on any atom is 0.227 e. The van der Waals surface area contributed by atoms with Crippen LogP contribution in [0.3, 0.4) is 0 Å². The highest BCUT2D eigenvalue weighted by Gasteiger charge is 2.17. The van der Waals surface area contributed by atoms with Gasteiger partial charge in [0.25, 0.3) is 0 Å². The number of aromatic nitrogens is 2. The van der Waals surface area contributed by atoms with E-state index in [9.17, 15) is 0 Å². The molecule has 4 heteroatoms. The van der Waals surface area contributed by atoms with E-state index in [2.05, 4.69) is 36.2 Å². The van der Waals surface area contributed by atoms with Crippen LogP contribution in [0.15, 0.2) is 87.7 Å². The number of oxazole rings is 2. The Hall–Kier alpha value is -3.92. The van der Waals surface area contributed by atoms with Gasteiger partial charge in [-0.1, -0.05) is 49.4 Å². The predicted octanol–water partition coefficient (Wildman–Crippen LogP) is 7.02. The molecule has 144 valence electrons. The van der Waals surface area contributed by atoms with Gasteiger partial charge in [0.05, 0.1) is 0 Å². The second-order valence-electron chi connectivity index (χ2n) is 7.37. The number of fused-ring (bicyclic) bond motifs is 3. The molecule has 0 atom stereocenters. The van der Waals surface area contributed by atoms with Crippen LogP contribution in [0, 0.1) is 0 Å². The molecule has 4 aromatic carbocycles. The fourth-order valence-electron chi connectivity index (χ4n) is 3.96. The summed E-state index contributed by atoms with van der Waals surface area (Å²) in [6, 6.07) is 26.3. The molecule has 6 rings (SSSR count).